The van der Waals surface area contributed by atoms with Crippen molar-refractivity contribution >= 4 is 0 Å². The Morgan fingerprint density at radius 1 is 1.32 bits per heavy atom. The minimum atomic E-state index is 0.359. The standard InChI is InChI=1S/C18H29N/c1-4-16-6-5-9-18(11-16,13-19)12-17-10-14(2)7-8-15(17)3/h7-8,10,16H,4-6,9,11-13,19H2,1-3H3. The molecule has 1 aromatic carbocycles. The zero-order chi connectivity index (χ0) is 13.9. The van der Waals surface area contributed by atoms with Gasteiger partial charge in [0, 0.05) is 0 Å². The molecule has 2 rings (SSSR count). The van der Waals surface area contributed by atoms with E-state index in [4.69, 9.17) is 5.73 Å². The lowest BCUT2D eigenvalue weighted by atomic mass is 9.66. The summed E-state index contributed by atoms with van der Waals surface area (Å²) >= 11 is 0. The van der Waals surface area contributed by atoms with Crippen molar-refractivity contribution in [3.8, 4) is 0 Å². The van der Waals surface area contributed by atoms with Crippen molar-refractivity contribution in [2.45, 2.75) is 59.3 Å². The van der Waals surface area contributed by atoms with E-state index in [1.807, 2.05) is 0 Å². The second kappa shape index (κ2) is 6.09. The van der Waals surface area contributed by atoms with Crippen LogP contribution in [0.15, 0.2) is 18.2 Å². The predicted molar refractivity (Wildman–Crippen MR) is 83.4 cm³/mol. The molecule has 2 unspecified atom stereocenters. The van der Waals surface area contributed by atoms with Crippen LogP contribution < -0.4 is 5.73 Å². The van der Waals surface area contributed by atoms with E-state index in [0.717, 1.165) is 12.5 Å². The Balaban J connectivity index is 2.20. The first-order chi connectivity index (χ1) is 9.08. The highest BCUT2D eigenvalue weighted by atomic mass is 14.6. The van der Waals surface area contributed by atoms with Crippen LogP contribution in [-0.4, -0.2) is 6.54 Å². The van der Waals surface area contributed by atoms with E-state index >= 15 is 0 Å². The fourth-order valence-corrected chi connectivity index (χ4v) is 3.74. The lowest BCUT2D eigenvalue weighted by Crippen LogP contribution is -2.38. The van der Waals surface area contributed by atoms with Crippen LogP contribution in [0.4, 0.5) is 0 Å². The third-order valence-corrected chi connectivity index (χ3v) is 5.12. The summed E-state index contributed by atoms with van der Waals surface area (Å²) in [5, 5.41) is 0. The van der Waals surface area contributed by atoms with Crippen molar-refractivity contribution in [1.29, 1.82) is 0 Å². The van der Waals surface area contributed by atoms with Crippen molar-refractivity contribution < 1.29 is 0 Å². The maximum atomic E-state index is 6.19. The van der Waals surface area contributed by atoms with Crippen molar-refractivity contribution in [2.24, 2.45) is 17.1 Å². The molecule has 106 valence electrons. The van der Waals surface area contributed by atoms with Crippen LogP contribution in [0.1, 0.15) is 55.7 Å². The fourth-order valence-electron chi connectivity index (χ4n) is 3.74. The number of hydrogen-bond donors (Lipinski definition) is 1. The third kappa shape index (κ3) is 3.39. The van der Waals surface area contributed by atoms with Crippen molar-refractivity contribution in [2.75, 3.05) is 6.54 Å². The van der Waals surface area contributed by atoms with Gasteiger partial charge in [-0.3, -0.25) is 0 Å². The fraction of sp³-hybridized carbons (Fsp3) is 0.667. The van der Waals surface area contributed by atoms with Crippen LogP contribution in [0.3, 0.4) is 0 Å². The Hall–Kier alpha value is -0.820. The van der Waals surface area contributed by atoms with Gasteiger partial charge in [0.2, 0.25) is 0 Å². The minimum Gasteiger partial charge on any atom is -0.330 e. The van der Waals surface area contributed by atoms with E-state index in [-0.39, 0.29) is 0 Å². The molecule has 1 aliphatic carbocycles. The highest BCUT2D eigenvalue weighted by molar-refractivity contribution is 5.31. The van der Waals surface area contributed by atoms with Crippen molar-refractivity contribution in [1.82, 2.24) is 0 Å². The SMILES string of the molecule is CCC1CCCC(CN)(Cc2cc(C)ccc2C)C1. The molecule has 0 saturated heterocycles. The first-order valence-corrected chi connectivity index (χ1v) is 7.85. The second-order valence-corrected chi connectivity index (χ2v) is 6.68. The molecular weight excluding hydrogens is 230 g/mol. The second-order valence-electron chi connectivity index (χ2n) is 6.68. The number of rotatable bonds is 4. The van der Waals surface area contributed by atoms with Crippen LogP contribution in [0.2, 0.25) is 0 Å². The molecule has 0 amide bonds. The Bertz CT molecular complexity index is 424. The summed E-state index contributed by atoms with van der Waals surface area (Å²) < 4.78 is 0. The van der Waals surface area contributed by atoms with Gasteiger partial charge in [-0.25, -0.2) is 0 Å². The largest absolute Gasteiger partial charge is 0.330 e. The Kier molecular flexibility index (Phi) is 4.67. The highest BCUT2D eigenvalue weighted by Crippen LogP contribution is 2.42. The average molecular weight is 259 g/mol. The van der Waals surface area contributed by atoms with Gasteiger partial charge in [0.05, 0.1) is 0 Å². The molecule has 19 heavy (non-hydrogen) atoms. The first kappa shape index (κ1) is 14.6. The van der Waals surface area contributed by atoms with Crippen LogP contribution in [-0.2, 0) is 6.42 Å². The maximum Gasteiger partial charge on any atom is -0.00172 e. The van der Waals surface area contributed by atoms with Gasteiger partial charge in [-0.15, -0.1) is 0 Å². The normalized spacial score (nSPS) is 27.5. The van der Waals surface area contributed by atoms with Gasteiger partial charge in [-0.1, -0.05) is 49.9 Å². The molecule has 0 aromatic heterocycles. The monoisotopic (exact) mass is 259 g/mol. The summed E-state index contributed by atoms with van der Waals surface area (Å²) in [5.74, 6) is 0.891. The van der Waals surface area contributed by atoms with Gasteiger partial charge in [0.1, 0.15) is 0 Å². The number of aryl methyl sites for hydroxylation is 2. The molecular formula is C18H29N. The third-order valence-electron chi connectivity index (χ3n) is 5.12. The van der Waals surface area contributed by atoms with Gasteiger partial charge < -0.3 is 5.73 Å². The van der Waals surface area contributed by atoms with E-state index in [0.29, 0.717) is 5.41 Å². The van der Waals surface area contributed by atoms with Gasteiger partial charge in [0.25, 0.3) is 0 Å². The summed E-state index contributed by atoms with van der Waals surface area (Å²) in [5.41, 5.74) is 10.9. The van der Waals surface area contributed by atoms with Gasteiger partial charge in [-0.2, -0.15) is 0 Å². The predicted octanol–water partition coefficient (Wildman–Crippen LogP) is 4.39. The Morgan fingerprint density at radius 3 is 2.79 bits per heavy atom. The van der Waals surface area contributed by atoms with Crippen LogP contribution in [0.25, 0.3) is 0 Å². The number of benzene rings is 1. The summed E-state index contributed by atoms with van der Waals surface area (Å²) in [6.45, 7) is 7.60. The van der Waals surface area contributed by atoms with Crippen molar-refractivity contribution in [3.05, 3.63) is 34.9 Å². The van der Waals surface area contributed by atoms with Crippen LogP contribution >= 0.6 is 0 Å². The highest BCUT2D eigenvalue weighted by Gasteiger charge is 2.34. The van der Waals surface area contributed by atoms with Crippen molar-refractivity contribution in [3.63, 3.8) is 0 Å². The zero-order valence-corrected chi connectivity index (χ0v) is 12.8. The van der Waals surface area contributed by atoms with E-state index in [1.54, 1.807) is 0 Å². The molecule has 2 N–H and O–H groups in total. The Morgan fingerprint density at radius 2 is 2.11 bits per heavy atom. The molecule has 0 heterocycles. The summed E-state index contributed by atoms with van der Waals surface area (Å²) in [7, 11) is 0. The quantitative estimate of drug-likeness (QED) is 0.852. The van der Waals surface area contributed by atoms with Gasteiger partial charge in [0.15, 0.2) is 0 Å². The van der Waals surface area contributed by atoms with Crippen LogP contribution in [0, 0.1) is 25.2 Å². The lowest BCUT2D eigenvalue weighted by Gasteiger charge is -2.40. The lowest BCUT2D eigenvalue weighted by molar-refractivity contribution is 0.142. The maximum absolute atomic E-state index is 6.19. The molecule has 1 nitrogen and oxygen atoms in total. The first-order valence-electron chi connectivity index (χ1n) is 7.85. The molecule has 1 fully saturated rings. The molecule has 1 heteroatoms. The molecule has 0 radical (unpaired) electrons. The van der Waals surface area contributed by atoms with Gasteiger partial charge >= 0.3 is 0 Å². The summed E-state index contributed by atoms with van der Waals surface area (Å²) in [6, 6.07) is 6.83. The number of hydrogen-bond acceptors (Lipinski definition) is 1. The zero-order valence-electron chi connectivity index (χ0n) is 12.8. The van der Waals surface area contributed by atoms with E-state index in [9.17, 15) is 0 Å². The summed E-state index contributed by atoms with van der Waals surface area (Å²) in [4.78, 5) is 0. The van der Waals surface area contributed by atoms with E-state index in [2.05, 4.69) is 39.0 Å². The summed E-state index contributed by atoms with van der Waals surface area (Å²) in [6.07, 6.45) is 7.90. The minimum absolute atomic E-state index is 0.359. The molecule has 0 bridgehead atoms. The van der Waals surface area contributed by atoms with Gasteiger partial charge in [-0.05, 0) is 62.1 Å². The molecule has 1 aliphatic rings. The molecule has 1 aromatic rings. The topological polar surface area (TPSA) is 26.0 Å². The van der Waals surface area contributed by atoms with Crippen LogP contribution in [0.5, 0.6) is 0 Å². The molecule has 2 atom stereocenters. The number of nitrogens with two attached hydrogens (primary N) is 1. The van der Waals surface area contributed by atoms with E-state index in [1.165, 1.54) is 55.2 Å². The molecule has 1 saturated carbocycles. The Labute approximate surface area is 118 Å². The molecule has 0 aliphatic heterocycles. The average Bonchev–Trinajstić information content (AvgIpc) is 2.43. The smallest absolute Gasteiger partial charge is 0.00172 e. The van der Waals surface area contributed by atoms with E-state index < -0.39 is 0 Å². The molecule has 0 spiro atoms.